The average molecular weight is 250 g/mol. The Hall–Kier alpha value is -2.37. The van der Waals surface area contributed by atoms with Gasteiger partial charge in [0.25, 0.3) is 5.69 Å². The van der Waals surface area contributed by atoms with E-state index in [0.29, 0.717) is 5.56 Å². The Morgan fingerprint density at radius 1 is 1.67 bits per heavy atom. The summed E-state index contributed by atoms with van der Waals surface area (Å²) in [7, 11) is 0. The zero-order chi connectivity index (χ0) is 13.7. The van der Waals surface area contributed by atoms with E-state index in [-0.39, 0.29) is 17.8 Å². The summed E-state index contributed by atoms with van der Waals surface area (Å²) in [5.74, 6) is -1.08. The van der Waals surface area contributed by atoms with E-state index < -0.39 is 16.9 Å². The minimum Gasteiger partial charge on any atom is -0.480 e. The molecule has 6 nitrogen and oxygen atoms in total. The molecule has 6 heteroatoms. The maximum absolute atomic E-state index is 11.0. The number of hydrogen-bond acceptors (Lipinski definition) is 4. The van der Waals surface area contributed by atoms with Crippen LogP contribution in [-0.4, -0.2) is 22.0 Å². The quantitative estimate of drug-likeness (QED) is 0.459. The molecular formula is C12H14N2O4. The van der Waals surface area contributed by atoms with Gasteiger partial charge in [-0.3, -0.25) is 10.1 Å². The van der Waals surface area contributed by atoms with Gasteiger partial charge in [-0.05, 0) is 19.4 Å². The Balaban J connectivity index is 3.09. The van der Waals surface area contributed by atoms with Crippen LogP contribution in [0.2, 0.25) is 0 Å². The minimum atomic E-state index is -1.08. The molecule has 0 aliphatic heterocycles. The molecule has 0 fully saturated rings. The number of nitro groups is 1. The van der Waals surface area contributed by atoms with E-state index in [4.69, 9.17) is 5.11 Å². The number of nitrogens with zero attached hydrogens (tertiary/aromatic N) is 1. The van der Waals surface area contributed by atoms with Crippen LogP contribution < -0.4 is 5.32 Å². The summed E-state index contributed by atoms with van der Waals surface area (Å²) >= 11 is 0. The highest BCUT2D eigenvalue weighted by atomic mass is 16.6. The van der Waals surface area contributed by atoms with Gasteiger partial charge in [-0.2, -0.15) is 0 Å². The molecule has 0 radical (unpaired) electrons. The van der Waals surface area contributed by atoms with Gasteiger partial charge < -0.3 is 10.4 Å². The molecule has 1 aromatic carbocycles. The molecule has 0 aliphatic carbocycles. The average Bonchev–Trinajstić information content (AvgIpc) is 2.27. The minimum absolute atomic E-state index is 0.104. The molecule has 1 unspecified atom stereocenters. The van der Waals surface area contributed by atoms with Crippen molar-refractivity contribution in [3.63, 3.8) is 0 Å². The fourth-order valence-corrected chi connectivity index (χ4v) is 1.59. The van der Waals surface area contributed by atoms with E-state index in [1.54, 1.807) is 19.1 Å². The Kier molecular flexibility index (Phi) is 4.42. The first kappa shape index (κ1) is 13.7. The van der Waals surface area contributed by atoms with Crippen LogP contribution in [0.3, 0.4) is 0 Å². The van der Waals surface area contributed by atoms with Gasteiger partial charge in [0.05, 0.1) is 4.92 Å². The van der Waals surface area contributed by atoms with Gasteiger partial charge in [0, 0.05) is 5.56 Å². The molecule has 0 aliphatic rings. The van der Waals surface area contributed by atoms with Crippen LogP contribution in [0.4, 0.5) is 11.4 Å². The molecule has 0 saturated carbocycles. The number of rotatable bonds is 6. The Bertz CT molecular complexity index is 485. The number of nitro benzene ring substituents is 1. The van der Waals surface area contributed by atoms with Crippen LogP contribution in [0.1, 0.15) is 12.0 Å². The predicted octanol–water partition coefficient (Wildman–Crippen LogP) is 2.34. The van der Waals surface area contributed by atoms with Crippen LogP contribution in [-0.2, 0) is 4.79 Å². The number of para-hydroxylation sites is 1. The molecule has 0 saturated heterocycles. The second-order valence-electron chi connectivity index (χ2n) is 3.79. The summed E-state index contributed by atoms with van der Waals surface area (Å²) < 4.78 is 0. The molecule has 0 aromatic heterocycles. The number of nitrogens with one attached hydrogen (secondary N) is 1. The molecule has 1 atom stereocenters. The van der Waals surface area contributed by atoms with Crippen LogP contribution in [0.15, 0.2) is 30.9 Å². The third kappa shape index (κ3) is 3.07. The van der Waals surface area contributed by atoms with Crippen molar-refractivity contribution in [2.24, 2.45) is 0 Å². The second-order valence-corrected chi connectivity index (χ2v) is 3.79. The number of anilines is 1. The van der Waals surface area contributed by atoms with E-state index in [1.807, 2.05) is 0 Å². The highest BCUT2D eigenvalue weighted by Gasteiger charge is 2.22. The second kappa shape index (κ2) is 5.81. The maximum Gasteiger partial charge on any atom is 0.326 e. The van der Waals surface area contributed by atoms with E-state index in [0.717, 1.165) is 0 Å². The van der Waals surface area contributed by atoms with Crippen molar-refractivity contribution in [3.05, 3.63) is 46.5 Å². The molecule has 18 heavy (non-hydrogen) atoms. The lowest BCUT2D eigenvalue weighted by molar-refractivity contribution is -0.384. The summed E-state index contributed by atoms with van der Waals surface area (Å²) in [6, 6.07) is 3.80. The number of hydrogen-bond donors (Lipinski definition) is 2. The Labute approximate surface area is 104 Å². The summed E-state index contributed by atoms with van der Waals surface area (Å²) in [5.41, 5.74) is 0.579. The topological polar surface area (TPSA) is 92.5 Å². The lowest BCUT2D eigenvalue weighted by Crippen LogP contribution is -2.28. The zero-order valence-corrected chi connectivity index (χ0v) is 9.92. The van der Waals surface area contributed by atoms with Crippen LogP contribution in [0.25, 0.3) is 0 Å². The van der Waals surface area contributed by atoms with Gasteiger partial charge in [0.1, 0.15) is 11.7 Å². The van der Waals surface area contributed by atoms with E-state index in [2.05, 4.69) is 11.9 Å². The monoisotopic (exact) mass is 250 g/mol. The molecule has 0 amide bonds. The fourth-order valence-electron chi connectivity index (χ4n) is 1.59. The van der Waals surface area contributed by atoms with Crippen molar-refractivity contribution in [1.82, 2.24) is 0 Å². The summed E-state index contributed by atoms with van der Waals surface area (Å²) in [4.78, 5) is 21.4. The van der Waals surface area contributed by atoms with E-state index >= 15 is 0 Å². The molecule has 0 bridgehead atoms. The first-order chi connectivity index (χ1) is 8.47. The van der Waals surface area contributed by atoms with Crippen molar-refractivity contribution in [1.29, 1.82) is 0 Å². The van der Waals surface area contributed by atoms with Gasteiger partial charge in [0.15, 0.2) is 0 Å². The molecule has 2 N–H and O–H groups in total. The Morgan fingerprint density at radius 2 is 2.33 bits per heavy atom. The molecule has 1 aromatic rings. The maximum atomic E-state index is 11.0. The Morgan fingerprint density at radius 3 is 2.83 bits per heavy atom. The standard InChI is InChI=1S/C12H14N2O4/c1-3-5-10(12(15)16)13-9-7-4-6-8(2)11(9)14(17)18/h3-4,6-7,10,13H,1,5H2,2H3,(H,15,16). The van der Waals surface area contributed by atoms with Gasteiger partial charge in [0.2, 0.25) is 0 Å². The third-order valence-corrected chi connectivity index (χ3v) is 2.45. The van der Waals surface area contributed by atoms with Crippen molar-refractivity contribution in [2.75, 3.05) is 5.32 Å². The summed E-state index contributed by atoms with van der Waals surface area (Å²) in [5, 5.41) is 22.6. The highest BCUT2D eigenvalue weighted by Crippen LogP contribution is 2.28. The lowest BCUT2D eigenvalue weighted by atomic mass is 10.1. The van der Waals surface area contributed by atoms with E-state index in [9.17, 15) is 14.9 Å². The summed E-state index contributed by atoms with van der Waals surface area (Å²) in [6.07, 6.45) is 1.63. The molecule has 0 heterocycles. The van der Waals surface area contributed by atoms with Gasteiger partial charge in [-0.1, -0.05) is 18.2 Å². The van der Waals surface area contributed by atoms with Gasteiger partial charge >= 0.3 is 5.97 Å². The van der Waals surface area contributed by atoms with Crippen molar-refractivity contribution >= 4 is 17.3 Å². The van der Waals surface area contributed by atoms with E-state index in [1.165, 1.54) is 12.1 Å². The first-order valence-corrected chi connectivity index (χ1v) is 5.31. The lowest BCUT2D eigenvalue weighted by Gasteiger charge is -2.14. The highest BCUT2D eigenvalue weighted by molar-refractivity contribution is 5.79. The predicted molar refractivity (Wildman–Crippen MR) is 67.7 cm³/mol. The number of carboxylic acids is 1. The van der Waals surface area contributed by atoms with Crippen molar-refractivity contribution < 1.29 is 14.8 Å². The number of carboxylic acid groups (broad SMARTS) is 1. The SMILES string of the molecule is C=CCC(Nc1cccc(C)c1[N+](=O)[O-])C(=O)O. The van der Waals surface area contributed by atoms with Crippen LogP contribution in [0, 0.1) is 17.0 Å². The van der Waals surface area contributed by atoms with Crippen molar-refractivity contribution in [2.45, 2.75) is 19.4 Å². The molecule has 0 spiro atoms. The van der Waals surface area contributed by atoms with Crippen LogP contribution >= 0.6 is 0 Å². The van der Waals surface area contributed by atoms with Crippen LogP contribution in [0.5, 0.6) is 0 Å². The third-order valence-electron chi connectivity index (χ3n) is 2.45. The van der Waals surface area contributed by atoms with Crippen molar-refractivity contribution in [3.8, 4) is 0 Å². The number of aliphatic carboxylic acids is 1. The molecular weight excluding hydrogens is 236 g/mol. The molecule has 96 valence electrons. The first-order valence-electron chi connectivity index (χ1n) is 5.31. The smallest absolute Gasteiger partial charge is 0.326 e. The fraction of sp³-hybridized carbons (Fsp3) is 0.250. The summed E-state index contributed by atoms with van der Waals surface area (Å²) in [6.45, 7) is 5.07. The zero-order valence-electron chi connectivity index (χ0n) is 9.92. The molecule has 1 rings (SSSR count). The number of benzene rings is 1. The number of aryl methyl sites for hydroxylation is 1. The van der Waals surface area contributed by atoms with Gasteiger partial charge in [-0.25, -0.2) is 4.79 Å². The largest absolute Gasteiger partial charge is 0.480 e. The normalized spacial score (nSPS) is 11.6. The number of carbonyl (C=O) groups is 1. The van der Waals surface area contributed by atoms with Gasteiger partial charge in [-0.15, -0.1) is 6.58 Å².